The van der Waals surface area contributed by atoms with Crippen LogP contribution in [0, 0.1) is 0 Å². The van der Waals surface area contributed by atoms with Crippen molar-refractivity contribution in [3.8, 4) is 0 Å². The highest BCUT2D eigenvalue weighted by Gasteiger charge is 2.33. The fraction of sp³-hybridized carbons (Fsp3) is 0.333. The number of hydrogen-bond acceptors (Lipinski definition) is 4. The Labute approximate surface area is 122 Å². The molecule has 0 saturated carbocycles. The Morgan fingerprint density at radius 1 is 1.29 bits per heavy atom. The minimum atomic E-state index is -0.743. The van der Waals surface area contributed by atoms with Crippen molar-refractivity contribution < 1.29 is 19.2 Å². The van der Waals surface area contributed by atoms with Gasteiger partial charge in [-0.3, -0.25) is 19.7 Å². The second kappa shape index (κ2) is 5.87. The molecule has 0 spiro atoms. The summed E-state index contributed by atoms with van der Waals surface area (Å²) in [5, 5.41) is 2.19. The number of hydrogen-bond donors (Lipinski definition) is 1. The third kappa shape index (κ3) is 2.99. The number of carbonyl (C=O) groups excluding carboxylic acids is 4. The number of fused-ring (bicyclic) bond motifs is 1. The molecule has 110 valence electrons. The lowest BCUT2D eigenvalue weighted by molar-refractivity contribution is -0.120. The van der Waals surface area contributed by atoms with Crippen molar-refractivity contribution in [3.63, 3.8) is 0 Å². The number of benzene rings is 1. The molecule has 1 aromatic carbocycles. The quantitative estimate of drug-likeness (QED) is 0.860. The monoisotopic (exact) mass is 288 g/mol. The fourth-order valence-electron chi connectivity index (χ4n) is 2.23. The maximum atomic E-state index is 12.0. The summed E-state index contributed by atoms with van der Waals surface area (Å²) in [5.41, 5.74) is 1.53. The number of amides is 4. The molecule has 1 aliphatic rings. The highest BCUT2D eigenvalue weighted by molar-refractivity contribution is 6.21. The summed E-state index contributed by atoms with van der Waals surface area (Å²) in [7, 11) is 0. The molecule has 6 nitrogen and oxygen atoms in total. The SMILES string of the molecule is CCCC(=O)NC(=O)N1C(=O)Cc2cc(C(C)=O)ccc21. The zero-order valence-corrected chi connectivity index (χ0v) is 11.9. The van der Waals surface area contributed by atoms with E-state index in [0.717, 1.165) is 4.90 Å². The fourth-order valence-corrected chi connectivity index (χ4v) is 2.23. The summed E-state index contributed by atoms with van der Waals surface area (Å²) in [5.74, 6) is -0.928. The van der Waals surface area contributed by atoms with E-state index in [1.165, 1.54) is 6.92 Å². The molecule has 21 heavy (non-hydrogen) atoms. The van der Waals surface area contributed by atoms with Crippen molar-refractivity contribution in [3.05, 3.63) is 29.3 Å². The summed E-state index contributed by atoms with van der Waals surface area (Å²) in [6.07, 6.45) is 0.890. The molecule has 1 aliphatic heterocycles. The highest BCUT2D eigenvalue weighted by Crippen LogP contribution is 2.29. The van der Waals surface area contributed by atoms with E-state index >= 15 is 0 Å². The summed E-state index contributed by atoms with van der Waals surface area (Å²) in [6.45, 7) is 3.26. The molecule has 0 radical (unpaired) electrons. The molecule has 0 aromatic heterocycles. The molecule has 0 unspecified atom stereocenters. The second-order valence-electron chi connectivity index (χ2n) is 4.91. The third-order valence-electron chi connectivity index (χ3n) is 3.24. The van der Waals surface area contributed by atoms with Crippen molar-refractivity contribution in [2.24, 2.45) is 0 Å². The Bertz CT molecular complexity index is 637. The number of urea groups is 1. The molecule has 1 heterocycles. The van der Waals surface area contributed by atoms with Crippen LogP contribution >= 0.6 is 0 Å². The van der Waals surface area contributed by atoms with Crippen LogP contribution in [0.3, 0.4) is 0 Å². The number of imide groups is 2. The Balaban J connectivity index is 2.24. The zero-order valence-electron chi connectivity index (χ0n) is 11.9. The Morgan fingerprint density at radius 3 is 2.62 bits per heavy atom. The van der Waals surface area contributed by atoms with Crippen molar-refractivity contribution in [1.82, 2.24) is 5.32 Å². The number of ketones is 1. The number of nitrogens with zero attached hydrogens (tertiary/aromatic N) is 1. The van der Waals surface area contributed by atoms with Gasteiger partial charge in [0.25, 0.3) is 0 Å². The Hall–Kier alpha value is -2.50. The van der Waals surface area contributed by atoms with E-state index in [2.05, 4.69) is 5.32 Å². The van der Waals surface area contributed by atoms with Gasteiger partial charge in [0, 0.05) is 12.0 Å². The standard InChI is InChI=1S/C15H16N2O4/c1-3-4-13(19)16-15(21)17-12-6-5-10(9(2)18)7-11(12)8-14(17)20/h5-7H,3-4,8H2,1-2H3,(H,16,19,21). The first kappa shape index (κ1) is 14.9. The van der Waals surface area contributed by atoms with Crippen molar-refractivity contribution in [2.45, 2.75) is 33.1 Å². The predicted molar refractivity (Wildman–Crippen MR) is 76.1 cm³/mol. The van der Waals surface area contributed by atoms with Crippen LogP contribution in [0.2, 0.25) is 0 Å². The van der Waals surface area contributed by atoms with Gasteiger partial charge in [0.05, 0.1) is 12.1 Å². The van der Waals surface area contributed by atoms with Gasteiger partial charge >= 0.3 is 6.03 Å². The molecule has 0 fully saturated rings. The van der Waals surface area contributed by atoms with Crippen LogP contribution in [-0.2, 0) is 16.0 Å². The van der Waals surface area contributed by atoms with Gasteiger partial charge in [-0.1, -0.05) is 6.92 Å². The molecule has 0 bridgehead atoms. The average Bonchev–Trinajstić information content (AvgIpc) is 2.73. The highest BCUT2D eigenvalue weighted by atomic mass is 16.2. The first-order valence-corrected chi connectivity index (χ1v) is 6.74. The molecular formula is C15H16N2O4. The zero-order chi connectivity index (χ0) is 15.6. The van der Waals surface area contributed by atoms with Crippen molar-refractivity contribution in [1.29, 1.82) is 0 Å². The molecule has 4 amide bonds. The van der Waals surface area contributed by atoms with Gasteiger partial charge in [-0.25, -0.2) is 9.69 Å². The van der Waals surface area contributed by atoms with E-state index in [1.807, 2.05) is 6.92 Å². The van der Waals surface area contributed by atoms with Crippen LogP contribution in [0.5, 0.6) is 0 Å². The van der Waals surface area contributed by atoms with Gasteiger partial charge in [0.2, 0.25) is 11.8 Å². The molecule has 1 N–H and O–H groups in total. The number of carbonyl (C=O) groups is 4. The number of rotatable bonds is 3. The van der Waals surface area contributed by atoms with Crippen LogP contribution in [-0.4, -0.2) is 23.6 Å². The normalized spacial score (nSPS) is 13.0. The van der Waals surface area contributed by atoms with E-state index in [-0.39, 0.29) is 18.6 Å². The molecule has 6 heteroatoms. The first-order chi connectivity index (χ1) is 9.93. The molecule has 0 aliphatic carbocycles. The smallest absolute Gasteiger partial charge is 0.295 e. The third-order valence-corrected chi connectivity index (χ3v) is 3.24. The van der Waals surface area contributed by atoms with Crippen molar-refractivity contribution >= 4 is 29.3 Å². The number of nitrogens with one attached hydrogen (secondary N) is 1. The largest absolute Gasteiger partial charge is 0.335 e. The second-order valence-corrected chi connectivity index (χ2v) is 4.91. The van der Waals surface area contributed by atoms with Gasteiger partial charge in [-0.15, -0.1) is 0 Å². The maximum absolute atomic E-state index is 12.0. The molecule has 1 aromatic rings. The van der Waals surface area contributed by atoms with E-state index in [9.17, 15) is 19.2 Å². The lowest BCUT2D eigenvalue weighted by Crippen LogP contribution is -2.44. The topological polar surface area (TPSA) is 83.6 Å². The molecule has 2 rings (SSSR count). The van der Waals surface area contributed by atoms with Gasteiger partial charge in [-0.05, 0) is 37.1 Å². The Kier molecular flexibility index (Phi) is 4.16. The lowest BCUT2D eigenvalue weighted by atomic mass is 10.1. The molecule has 0 atom stereocenters. The van der Waals surface area contributed by atoms with Crippen molar-refractivity contribution in [2.75, 3.05) is 4.90 Å². The molecular weight excluding hydrogens is 272 g/mol. The lowest BCUT2D eigenvalue weighted by Gasteiger charge is -2.15. The van der Waals surface area contributed by atoms with Gasteiger partial charge < -0.3 is 0 Å². The maximum Gasteiger partial charge on any atom is 0.335 e. The van der Waals surface area contributed by atoms with E-state index < -0.39 is 17.8 Å². The van der Waals surface area contributed by atoms with E-state index in [4.69, 9.17) is 0 Å². The van der Waals surface area contributed by atoms with Gasteiger partial charge in [0.15, 0.2) is 5.78 Å². The summed E-state index contributed by atoms with van der Waals surface area (Å²) in [6, 6.07) is 3.98. The first-order valence-electron chi connectivity index (χ1n) is 6.74. The predicted octanol–water partition coefficient (Wildman–Crippen LogP) is 1.81. The van der Waals surface area contributed by atoms with Crippen LogP contribution < -0.4 is 10.2 Å². The minimum absolute atomic E-state index is 0.0475. The number of Topliss-reactive ketones (excluding diaryl/α,β-unsaturated/α-hetero) is 1. The molecule has 0 saturated heterocycles. The summed E-state index contributed by atoms with van der Waals surface area (Å²) >= 11 is 0. The Morgan fingerprint density at radius 2 is 2.00 bits per heavy atom. The van der Waals surface area contributed by atoms with Gasteiger partial charge in [-0.2, -0.15) is 0 Å². The average molecular weight is 288 g/mol. The summed E-state index contributed by atoms with van der Waals surface area (Å²) < 4.78 is 0. The van der Waals surface area contributed by atoms with Crippen LogP contribution in [0.15, 0.2) is 18.2 Å². The van der Waals surface area contributed by atoms with Crippen LogP contribution in [0.1, 0.15) is 42.6 Å². The van der Waals surface area contributed by atoms with Gasteiger partial charge in [0.1, 0.15) is 0 Å². The summed E-state index contributed by atoms with van der Waals surface area (Å²) in [4.78, 5) is 47.7. The van der Waals surface area contributed by atoms with E-state index in [0.29, 0.717) is 23.2 Å². The van der Waals surface area contributed by atoms with E-state index in [1.54, 1.807) is 18.2 Å². The van der Waals surface area contributed by atoms with Crippen LogP contribution in [0.4, 0.5) is 10.5 Å². The van der Waals surface area contributed by atoms with Crippen LogP contribution in [0.25, 0.3) is 0 Å². The number of anilines is 1. The minimum Gasteiger partial charge on any atom is -0.295 e.